The molecule has 1 aliphatic rings. The molecule has 3 heteroatoms. The first-order valence-electron chi connectivity index (χ1n) is 6.65. The van der Waals surface area contributed by atoms with Crippen LogP contribution in [0.3, 0.4) is 0 Å². The Labute approximate surface area is 115 Å². The first-order valence-corrected chi connectivity index (χ1v) is 7.63. The van der Waals surface area contributed by atoms with E-state index in [2.05, 4.69) is 60.9 Å². The van der Waals surface area contributed by atoms with Gasteiger partial charge in [-0.25, -0.2) is 0 Å². The molecule has 1 aliphatic heterocycles. The predicted octanol–water partition coefficient (Wildman–Crippen LogP) is 3.05. The van der Waals surface area contributed by atoms with Gasteiger partial charge in [0.1, 0.15) is 0 Å². The van der Waals surface area contributed by atoms with Crippen molar-refractivity contribution in [3.8, 4) is 0 Å². The van der Waals surface area contributed by atoms with Crippen LogP contribution in [0.2, 0.25) is 0 Å². The molecule has 1 saturated heterocycles. The first kappa shape index (κ1) is 13.8. The number of aryl methyl sites for hydroxylation is 1. The summed E-state index contributed by atoms with van der Waals surface area (Å²) in [5.41, 5.74) is 4.16. The van der Waals surface area contributed by atoms with Crippen LogP contribution >= 0.6 is 11.8 Å². The summed E-state index contributed by atoms with van der Waals surface area (Å²) < 4.78 is 0.371. The summed E-state index contributed by atoms with van der Waals surface area (Å²) in [6.07, 6.45) is 0. The van der Waals surface area contributed by atoms with Gasteiger partial charge in [-0.05, 0) is 51.1 Å². The zero-order chi connectivity index (χ0) is 13.2. The summed E-state index contributed by atoms with van der Waals surface area (Å²) in [5, 5.41) is 3.22. The zero-order valence-electron chi connectivity index (χ0n) is 11.9. The van der Waals surface area contributed by atoms with E-state index in [1.807, 2.05) is 7.05 Å². The van der Waals surface area contributed by atoms with Crippen molar-refractivity contribution in [1.82, 2.24) is 5.32 Å². The van der Waals surface area contributed by atoms with Crippen molar-refractivity contribution in [2.45, 2.75) is 32.1 Å². The quantitative estimate of drug-likeness (QED) is 0.903. The van der Waals surface area contributed by atoms with Crippen LogP contribution in [-0.2, 0) is 6.54 Å². The van der Waals surface area contributed by atoms with Gasteiger partial charge in [-0.3, -0.25) is 0 Å². The van der Waals surface area contributed by atoms with E-state index in [0.717, 1.165) is 13.1 Å². The van der Waals surface area contributed by atoms with Gasteiger partial charge in [0.25, 0.3) is 0 Å². The Bertz CT molecular complexity index is 415. The van der Waals surface area contributed by atoms with Gasteiger partial charge in [-0.1, -0.05) is 6.07 Å². The predicted molar refractivity (Wildman–Crippen MR) is 82.7 cm³/mol. The molecule has 0 aromatic heterocycles. The summed E-state index contributed by atoms with van der Waals surface area (Å²) in [7, 11) is 2.00. The van der Waals surface area contributed by atoms with Crippen LogP contribution < -0.4 is 10.2 Å². The molecule has 18 heavy (non-hydrogen) atoms. The van der Waals surface area contributed by atoms with E-state index in [1.165, 1.54) is 29.1 Å². The van der Waals surface area contributed by atoms with Gasteiger partial charge < -0.3 is 10.2 Å². The van der Waals surface area contributed by atoms with Gasteiger partial charge in [-0.15, -0.1) is 0 Å². The minimum Gasteiger partial charge on any atom is -0.369 e. The molecule has 0 radical (unpaired) electrons. The molecule has 100 valence electrons. The zero-order valence-corrected chi connectivity index (χ0v) is 12.7. The second-order valence-corrected chi connectivity index (χ2v) is 7.47. The molecule has 2 nitrogen and oxygen atoms in total. The van der Waals surface area contributed by atoms with E-state index in [4.69, 9.17) is 0 Å². The van der Waals surface area contributed by atoms with Crippen LogP contribution in [0.5, 0.6) is 0 Å². The largest absolute Gasteiger partial charge is 0.369 e. The third-order valence-corrected chi connectivity index (χ3v) is 4.78. The van der Waals surface area contributed by atoms with E-state index >= 15 is 0 Å². The van der Waals surface area contributed by atoms with Crippen molar-refractivity contribution in [3.05, 3.63) is 29.3 Å². The van der Waals surface area contributed by atoms with Crippen LogP contribution in [-0.4, -0.2) is 30.6 Å². The maximum atomic E-state index is 3.22. The van der Waals surface area contributed by atoms with Crippen LogP contribution in [0.15, 0.2) is 18.2 Å². The number of nitrogens with one attached hydrogen (secondary N) is 1. The third-order valence-electron chi connectivity index (χ3n) is 3.48. The molecule has 0 amide bonds. The summed E-state index contributed by atoms with van der Waals surface area (Å²) >= 11 is 2.08. The molecule has 1 aromatic carbocycles. The van der Waals surface area contributed by atoms with Crippen molar-refractivity contribution in [1.29, 1.82) is 0 Å². The highest BCUT2D eigenvalue weighted by molar-refractivity contribution is 8.00. The van der Waals surface area contributed by atoms with E-state index < -0.39 is 0 Å². The maximum absolute atomic E-state index is 3.22. The van der Waals surface area contributed by atoms with Crippen LogP contribution in [0, 0.1) is 6.92 Å². The third kappa shape index (κ3) is 3.21. The summed E-state index contributed by atoms with van der Waals surface area (Å²) in [5.74, 6) is 1.23. The molecule has 1 aromatic rings. The van der Waals surface area contributed by atoms with E-state index in [0.29, 0.717) is 4.75 Å². The number of thioether (sulfide) groups is 1. The number of nitrogens with zero attached hydrogens (tertiary/aromatic N) is 1. The molecule has 0 bridgehead atoms. The number of anilines is 1. The Kier molecular flexibility index (Phi) is 4.23. The molecule has 0 spiro atoms. The fraction of sp³-hybridized carbons (Fsp3) is 0.600. The van der Waals surface area contributed by atoms with E-state index in [-0.39, 0.29) is 0 Å². The average molecular weight is 264 g/mol. The molecule has 1 fully saturated rings. The standard InChI is InChI=1S/C15H24N2S/c1-12-9-14(6-5-13(12)10-16-4)17-7-8-18-15(2,3)11-17/h5-6,9,16H,7-8,10-11H2,1-4H3. The van der Waals surface area contributed by atoms with Gasteiger partial charge in [0.05, 0.1) is 0 Å². The molecular weight excluding hydrogens is 240 g/mol. The number of hydrogen-bond donors (Lipinski definition) is 1. The van der Waals surface area contributed by atoms with Crippen molar-refractivity contribution in [2.24, 2.45) is 0 Å². The summed E-state index contributed by atoms with van der Waals surface area (Å²) in [6, 6.07) is 6.86. The van der Waals surface area contributed by atoms with Gasteiger partial charge in [0.15, 0.2) is 0 Å². The molecule has 0 unspecified atom stereocenters. The van der Waals surface area contributed by atoms with Crippen molar-refractivity contribution in [2.75, 3.05) is 30.8 Å². The molecule has 1 N–H and O–H groups in total. The molecule has 2 rings (SSSR count). The van der Waals surface area contributed by atoms with E-state index in [9.17, 15) is 0 Å². The fourth-order valence-electron chi connectivity index (χ4n) is 2.50. The lowest BCUT2D eigenvalue weighted by Crippen LogP contribution is -2.43. The highest BCUT2D eigenvalue weighted by Crippen LogP contribution is 2.32. The smallest absolute Gasteiger partial charge is 0.0369 e. The van der Waals surface area contributed by atoms with Crippen LogP contribution in [0.4, 0.5) is 5.69 Å². The van der Waals surface area contributed by atoms with Crippen LogP contribution in [0.25, 0.3) is 0 Å². The van der Waals surface area contributed by atoms with Crippen molar-refractivity contribution < 1.29 is 0 Å². The lowest BCUT2D eigenvalue weighted by Gasteiger charge is -2.39. The lowest BCUT2D eigenvalue weighted by atomic mass is 10.1. The fourth-order valence-corrected chi connectivity index (χ4v) is 3.61. The Balaban J connectivity index is 2.16. The molecule has 0 saturated carbocycles. The Morgan fingerprint density at radius 1 is 1.39 bits per heavy atom. The summed E-state index contributed by atoms with van der Waals surface area (Å²) in [6.45, 7) is 10.1. The van der Waals surface area contributed by atoms with Crippen molar-refractivity contribution >= 4 is 17.4 Å². The molecule has 1 heterocycles. The number of hydrogen-bond acceptors (Lipinski definition) is 3. The monoisotopic (exact) mass is 264 g/mol. The molecular formula is C15H24N2S. The Morgan fingerprint density at radius 2 is 2.17 bits per heavy atom. The van der Waals surface area contributed by atoms with Crippen LogP contribution in [0.1, 0.15) is 25.0 Å². The Morgan fingerprint density at radius 3 is 2.78 bits per heavy atom. The molecule has 0 aliphatic carbocycles. The number of rotatable bonds is 3. The number of benzene rings is 1. The van der Waals surface area contributed by atoms with Crippen molar-refractivity contribution in [3.63, 3.8) is 0 Å². The normalized spacial score (nSPS) is 19.0. The minimum absolute atomic E-state index is 0.371. The van der Waals surface area contributed by atoms with Gasteiger partial charge >= 0.3 is 0 Å². The SMILES string of the molecule is CNCc1ccc(N2CCSC(C)(C)C2)cc1C. The van der Waals surface area contributed by atoms with Gasteiger partial charge in [0, 0.05) is 35.8 Å². The maximum Gasteiger partial charge on any atom is 0.0369 e. The minimum atomic E-state index is 0.371. The average Bonchev–Trinajstić information content (AvgIpc) is 2.30. The molecule has 0 atom stereocenters. The first-order chi connectivity index (χ1) is 8.52. The Hall–Kier alpha value is -0.670. The summed E-state index contributed by atoms with van der Waals surface area (Å²) in [4.78, 5) is 2.52. The highest BCUT2D eigenvalue weighted by atomic mass is 32.2. The second-order valence-electron chi connectivity index (χ2n) is 5.67. The topological polar surface area (TPSA) is 15.3 Å². The highest BCUT2D eigenvalue weighted by Gasteiger charge is 2.27. The van der Waals surface area contributed by atoms with E-state index in [1.54, 1.807) is 0 Å². The van der Waals surface area contributed by atoms with Gasteiger partial charge in [-0.2, -0.15) is 11.8 Å². The van der Waals surface area contributed by atoms with Gasteiger partial charge in [0.2, 0.25) is 0 Å². The lowest BCUT2D eigenvalue weighted by molar-refractivity contribution is 0.647. The second kappa shape index (κ2) is 5.54.